The molecule has 0 saturated heterocycles. The third kappa shape index (κ3) is 4.40. The molecule has 0 unspecified atom stereocenters. The third-order valence-corrected chi connectivity index (χ3v) is 4.41. The van der Waals surface area contributed by atoms with Crippen LogP contribution in [0.15, 0.2) is 23.6 Å². The molecule has 0 amide bonds. The quantitative estimate of drug-likeness (QED) is 0.837. The van der Waals surface area contributed by atoms with Gasteiger partial charge in [0.05, 0.1) is 22.3 Å². The molecule has 0 aliphatic heterocycles. The fraction of sp³-hybridized carbons (Fsp3) is 0.389. The Morgan fingerprint density at radius 3 is 2.70 bits per heavy atom. The fourth-order valence-corrected chi connectivity index (χ4v) is 3.17. The summed E-state index contributed by atoms with van der Waals surface area (Å²) in [6.07, 6.45) is 0.787. The number of carbonyl (C=O) groups excluding carboxylic acids is 1. The summed E-state index contributed by atoms with van der Waals surface area (Å²) in [6, 6.07) is 7.19. The second-order valence-corrected chi connectivity index (χ2v) is 7.42. The Bertz CT molecular complexity index is 750. The average molecular weight is 327 g/mol. The highest BCUT2D eigenvalue weighted by atomic mass is 32.1. The highest BCUT2D eigenvalue weighted by Crippen LogP contribution is 2.24. The van der Waals surface area contributed by atoms with Gasteiger partial charge in [0.2, 0.25) is 0 Å². The highest BCUT2D eigenvalue weighted by molar-refractivity contribution is 7.09. The van der Waals surface area contributed by atoms with Gasteiger partial charge in [-0.1, -0.05) is 20.8 Å². The second-order valence-electron chi connectivity index (χ2n) is 6.48. The SMILES string of the molecule is CC(=O)c1ccc(C#N)cc1NCCc1nc(C(C)(C)C)cs1. The Morgan fingerprint density at radius 2 is 2.13 bits per heavy atom. The van der Waals surface area contributed by atoms with E-state index in [1.165, 1.54) is 6.92 Å². The monoisotopic (exact) mass is 327 g/mol. The van der Waals surface area contributed by atoms with Gasteiger partial charge >= 0.3 is 0 Å². The maximum atomic E-state index is 11.7. The van der Waals surface area contributed by atoms with Crippen LogP contribution in [-0.4, -0.2) is 17.3 Å². The van der Waals surface area contributed by atoms with Crippen molar-refractivity contribution in [1.82, 2.24) is 4.98 Å². The minimum absolute atomic E-state index is 0.0127. The van der Waals surface area contributed by atoms with E-state index < -0.39 is 0 Å². The lowest BCUT2D eigenvalue weighted by Crippen LogP contribution is -2.12. The predicted octanol–water partition coefficient (Wildman–Crippen LogP) is 4.17. The van der Waals surface area contributed by atoms with Gasteiger partial charge in [-0.3, -0.25) is 4.79 Å². The van der Waals surface area contributed by atoms with Crippen molar-refractivity contribution in [3.05, 3.63) is 45.4 Å². The minimum Gasteiger partial charge on any atom is -0.384 e. The number of aromatic nitrogens is 1. The third-order valence-electron chi connectivity index (χ3n) is 3.50. The number of rotatable bonds is 5. The number of anilines is 1. The van der Waals surface area contributed by atoms with Gasteiger partial charge in [0.1, 0.15) is 0 Å². The number of thiazole rings is 1. The normalized spacial score (nSPS) is 11.1. The summed E-state index contributed by atoms with van der Waals surface area (Å²) in [5.41, 5.74) is 3.03. The summed E-state index contributed by atoms with van der Waals surface area (Å²) in [5, 5.41) is 15.4. The molecule has 2 aromatic rings. The van der Waals surface area contributed by atoms with Crippen molar-refractivity contribution in [1.29, 1.82) is 5.26 Å². The first-order chi connectivity index (χ1) is 10.8. The van der Waals surface area contributed by atoms with Gasteiger partial charge in [0, 0.05) is 35.0 Å². The number of benzene rings is 1. The number of nitriles is 1. The van der Waals surface area contributed by atoms with Crippen molar-refractivity contribution >= 4 is 22.8 Å². The Balaban J connectivity index is 2.05. The summed E-state index contributed by atoms with van der Waals surface area (Å²) in [4.78, 5) is 16.3. The molecule has 23 heavy (non-hydrogen) atoms. The lowest BCUT2D eigenvalue weighted by Gasteiger charge is -2.14. The molecule has 0 atom stereocenters. The van der Waals surface area contributed by atoms with Gasteiger partial charge < -0.3 is 5.32 Å². The van der Waals surface area contributed by atoms with Crippen LogP contribution in [-0.2, 0) is 11.8 Å². The van der Waals surface area contributed by atoms with Crippen LogP contribution in [0.1, 0.15) is 54.3 Å². The second kappa shape index (κ2) is 6.93. The van der Waals surface area contributed by atoms with E-state index in [0.717, 1.165) is 17.1 Å². The van der Waals surface area contributed by atoms with Crippen molar-refractivity contribution in [2.45, 2.75) is 39.5 Å². The van der Waals surface area contributed by atoms with Crippen LogP contribution >= 0.6 is 11.3 Å². The largest absolute Gasteiger partial charge is 0.384 e. The zero-order valence-electron chi connectivity index (χ0n) is 13.9. The first-order valence-electron chi connectivity index (χ1n) is 7.55. The molecular weight excluding hydrogens is 306 g/mol. The molecule has 1 heterocycles. The molecule has 1 aromatic carbocycles. The number of nitrogens with one attached hydrogen (secondary N) is 1. The number of nitrogens with zero attached hydrogens (tertiary/aromatic N) is 2. The molecule has 2 rings (SSSR count). The van der Waals surface area contributed by atoms with Crippen LogP contribution < -0.4 is 5.32 Å². The molecule has 0 saturated carbocycles. The molecular formula is C18H21N3OS. The van der Waals surface area contributed by atoms with Crippen LogP contribution in [0.2, 0.25) is 0 Å². The van der Waals surface area contributed by atoms with Gasteiger partial charge in [-0.05, 0) is 25.1 Å². The summed E-state index contributed by atoms with van der Waals surface area (Å²) < 4.78 is 0. The van der Waals surface area contributed by atoms with E-state index in [0.29, 0.717) is 23.4 Å². The van der Waals surface area contributed by atoms with Crippen LogP contribution in [0.4, 0.5) is 5.69 Å². The van der Waals surface area contributed by atoms with Crippen LogP contribution in [0.25, 0.3) is 0 Å². The van der Waals surface area contributed by atoms with E-state index in [2.05, 4.69) is 42.5 Å². The van der Waals surface area contributed by atoms with Crippen molar-refractivity contribution in [3.8, 4) is 6.07 Å². The topological polar surface area (TPSA) is 65.8 Å². The van der Waals surface area contributed by atoms with Gasteiger partial charge in [-0.25, -0.2) is 4.98 Å². The lowest BCUT2D eigenvalue weighted by molar-refractivity contribution is 0.101. The average Bonchev–Trinajstić information content (AvgIpc) is 2.96. The van der Waals surface area contributed by atoms with Crippen molar-refractivity contribution < 1.29 is 4.79 Å². The van der Waals surface area contributed by atoms with E-state index in [9.17, 15) is 4.79 Å². The maximum Gasteiger partial charge on any atom is 0.161 e. The number of ketones is 1. The molecule has 5 heteroatoms. The molecule has 0 aliphatic carbocycles. The van der Waals surface area contributed by atoms with E-state index in [-0.39, 0.29) is 11.2 Å². The summed E-state index contributed by atoms with van der Waals surface area (Å²) >= 11 is 1.66. The molecule has 120 valence electrons. The first-order valence-corrected chi connectivity index (χ1v) is 8.43. The van der Waals surface area contributed by atoms with Crippen LogP contribution in [0.3, 0.4) is 0 Å². The summed E-state index contributed by atoms with van der Waals surface area (Å²) in [7, 11) is 0. The Morgan fingerprint density at radius 1 is 1.39 bits per heavy atom. The van der Waals surface area contributed by atoms with Gasteiger partial charge in [0.25, 0.3) is 0 Å². The molecule has 1 aromatic heterocycles. The van der Waals surface area contributed by atoms with Crippen LogP contribution in [0.5, 0.6) is 0 Å². The lowest BCUT2D eigenvalue weighted by atomic mass is 9.93. The number of Topliss-reactive ketones (excluding diaryl/α,β-unsaturated/α-hetero) is 1. The van der Waals surface area contributed by atoms with E-state index in [1.807, 2.05) is 0 Å². The Labute approximate surface area is 141 Å². The standard InChI is InChI=1S/C18H21N3OS/c1-12(22)14-6-5-13(10-19)9-15(14)20-8-7-17-21-16(11-23-17)18(2,3)4/h5-6,9,11,20H,7-8H2,1-4H3. The fourth-order valence-electron chi connectivity index (χ4n) is 2.14. The van der Waals surface area contributed by atoms with E-state index >= 15 is 0 Å². The Kier molecular flexibility index (Phi) is 5.17. The molecule has 4 nitrogen and oxygen atoms in total. The number of hydrogen-bond donors (Lipinski definition) is 1. The zero-order valence-corrected chi connectivity index (χ0v) is 14.8. The molecule has 0 radical (unpaired) electrons. The van der Waals surface area contributed by atoms with Gasteiger partial charge in [0.15, 0.2) is 5.78 Å². The molecule has 0 fully saturated rings. The zero-order chi connectivity index (χ0) is 17.0. The summed E-state index contributed by atoms with van der Waals surface area (Å²) in [6.45, 7) is 8.65. The predicted molar refractivity (Wildman–Crippen MR) is 94.2 cm³/mol. The first kappa shape index (κ1) is 17.2. The van der Waals surface area contributed by atoms with E-state index in [4.69, 9.17) is 5.26 Å². The van der Waals surface area contributed by atoms with Crippen LogP contribution in [0, 0.1) is 11.3 Å². The molecule has 1 N–H and O–H groups in total. The highest BCUT2D eigenvalue weighted by Gasteiger charge is 2.17. The summed E-state index contributed by atoms with van der Waals surface area (Å²) in [5.74, 6) is -0.0127. The molecule has 0 spiro atoms. The molecule has 0 bridgehead atoms. The number of carbonyl (C=O) groups is 1. The smallest absolute Gasteiger partial charge is 0.161 e. The van der Waals surface area contributed by atoms with E-state index in [1.54, 1.807) is 29.5 Å². The van der Waals surface area contributed by atoms with Crippen molar-refractivity contribution in [2.24, 2.45) is 0 Å². The molecule has 0 aliphatic rings. The Hall–Kier alpha value is -2.19. The maximum absolute atomic E-state index is 11.7. The van der Waals surface area contributed by atoms with Crippen molar-refractivity contribution in [3.63, 3.8) is 0 Å². The number of hydrogen-bond acceptors (Lipinski definition) is 5. The van der Waals surface area contributed by atoms with Gasteiger partial charge in [-0.2, -0.15) is 5.26 Å². The van der Waals surface area contributed by atoms with Crippen molar-refractivity contribution in [2.75, 3.05) is 11.9 Å². The van der Waals surface area contributed by atoms with Gasteiger partial charge in [-0.15, -0.1) is 11.3 Å². The minimum atomic E-state index is -0.0127.